The molecule has 7 nitrogen and oxygen atoms in total. The number of nitrogens with one attached hydrogen (secondary N) is 1. The van der Waals surface area contributed by atoms with E-state index in [9.17, 15) is 14.7 Å². The number of aromatic carboxylic acids is 1. The van der Waals surface area contributed by atoms with Gasteiger partial charge in [0.15, 0.2) is 0 Å². The molecule has 2 rings (SSSR count). The highest BCUT2D eigenvalue weighted by atomic mass is 16.4. The van der Waals surface area contributed by atoms with E-state index in [1.165, 1.54) is 17.0 Å². The standard InChI is InChI=1S/C13H16N2O5/c16-7-9-2-1-5-15(9)13(20)14-10-4-3-8(12(18)19)6-11(10)17/h3-4,6,9,16-17H,1-2,5,7H2,(H,14,20)(H,18,19). The lowest BCUT2D eigenvalue weighted by Gasteiger charge is -2.23. The molecule has 0 aromatic heterocycles. The number of aliphatic hydroxyl groups excluding tert-OH is 1. The van der Waals surface area contributed by atoms with Crippen LogP contribution in [0.1, 0.15) is 23.2 Å². The molecule has 2 amide bonds. The van der Waals surface area contributed by atoms with Gasteiger partial charge in [-0.3, -0.25) is 0 Å². The number of anilines is 1. The summed E-state index contributed by atoms with van der Waals surface area (Å²) in [5, 5.41) is 30.2. The Morgan fingerprint density at radius 3 is 2.75 bits per heavy atom. The number of aromatic hydroxyl groups is 1. The van der Waals surface area contributed by atoms with Crippen LogP contribution < -0.4 is 5.32 Å². The average molecular weight is 280 g/mol. The van der Waals surface area contributed by atoms with Crippen molar-refractivity contribution in [3.8, 4) is 5.75 Å². The van der Waals surface area contributed by atoms with E-state index in [0.717, 1.165) is 18.9 Å². The largest absolute Gasteiger partial charge is 0.506 e. The van der Waals surface area contributed by atoms with Gasteiger partial charge in [-0.2, -0.15) is 0 Å². The molecule has 1 saturated heterocycles. The SMILES string of the molecule is O=C(O)c1ccc(NC(=O)N2CCCC2CO)c(O)c1. The number of benzene rings is 1. The number of amides is 2. The first-order chi connectivity index (χ1) is 9.52. The van der Waals surface area contributed by atoms with Crippen LogP contribution in [0.25, 0.3) is 0 Å². The number of carbonyl (C=O) groups is 2. The summed E-state index contributed by atoms with van der Waals surface area (Å²) in [4.78, 5) is 24.3. The van der Waals surface area contributed by atoms with Gasteiger partial charge in [0.25, 0.3) is 0 Å². The van der Waals surface area contributed by atoms with Gasteiger partial charge in [-0.25, -0.2) is 9.59 Å². The van der Waals surface area contributed by atoms with E-state index in [-0.39, 0.29) is 29.6 Å². The third kappa shape index (κ3) is 2.83. The van der Waals surface area contributed by atoms with E-state index in [2.05, 4.69) is 5.32 Å². The Morgan fingerprint density at radius 1 is 1.40 bits per heavy atom. The third-order valence-corrected chi connectivity index (χ3v) is 3.34. The molecule has 0 spiro atoms. The highest BCUT2D eigenvalue weighted by Gasteiger charge is 2.28. The van der Waals surface area contributed by atoms with Crippen LogP contribution in [0.15, 0.2) is 18.2 Å². The van der Waals surface area contributed by atoms with Crippen molar-refractivity contribution < 1.29 is 24.9 Å². The molecule has 20 heavy (non-hydrogen) atoms. The van der Waals surface area contributed by atoms with Crippen molar-refractivity contribution in [2.45, 2.75) is 18.9 Å². The summed E-state index contributed by atoms with van der Waals surface area (Å²) in [5.41, 5.74) is 0.0819. The lowest BCUT2D eigenvalue weighted by molar-refractivity contribution is 0.0696. The average Bonchev–Trinajstić information content (AvgIpc) is 2.89. The number of carboxylic acids is 1. The fourth-order valence-corrected chi connectivity index (χ4v) is 2.25. The number of urea groups is 1. The van der Waals surface area contributed by atoms with Crippen molar-refractivity contribution in [1.29, 1.82) is 0 Å². The molecule has 1 heterocycles. The molecule has 1 atom stereocenters. The van der Waals surface area contributed by atoms with E-state index in [4.69, 9.17) is 10.2 Å². The molecule has 1 aliphatic heterocycles. The Bertz CT molecular complexity index is 531. The van der Waals surface area contributed by atoms with Crippen molar-refractivity contribution in [3.63, 3.8) is 0 Å². The second-order valence-corrected chi connectivity index (χ2v) is 4.64. The van der Waals surface area contributed by atoms with E-state index in [0.29, 0.717) is 6.54 Å². The molecule has 1 aliphatic rings. The molecule has 1 unspecified atom stereocenters. The van der Waals surface area contributed by atoms with E-state index < -0.39 is 12.0 Å². The maximum atomic E-state index is 12.0. The maximum absolute atomic E-state index is 12.0. The molecular weight excluding hydrogens is 264 g/mol. The molecule has 0 aliphatic carbocycles. The summed E-state index contributed by atoms with van der Waals surface area (Å²) in [6.07, 6.45) is 1.57. The van der Waals surface area contributed by atoms with Crippen LogP contribution in [0.2, 0.25) is 0 Å². The molecular formula is C13H16N2O5. The minimum Gasteiger partial charge on any atom is -0.506 e. The first-order valence-electron chi connectivity index (χ1n) is 6.27. The van der Waals surface area contributed by atoms with Gasteiger partial charge in [0.2, 0.25) is 0 Å². The number of carbonyl (C=O) groups excluding carboxylic acids is 1. The lowest BCUT2D eigenvalue weighted by atomic mass is 10.2. The number of rotatable bonds is 3. The number of hydrogen-bond acceptors (Lipinski definition) is 4. The first-order valence-corrected chi connectivity index (χ1v) is 6.27. The number of hydrogen-bond donors (Lipinski definition) is 4. The van der Waals surface area contributed by atoms with E-state index >= 15 is 0 Å². The van der Waals surface area contributed by atoms with Crippen LogP contribution in [0.3, 0.4) is 0 Å². The van der Waals surface area contributed by atoms with E-state index in [1.807, 2.05) is 0 Å². The Labute approximate surface area is 115 Å². The molecule has 1 aromatic rings. The monoisotopic (exact) mass is 280 g/mol. The quantitative estimate of drug-likeness (QED) is 0.619. The minimum absolute atomic E-state index is 0.0603. The van der Waals surface area contributed by atoms with Gasteiger partial charge in [-0.05, 0) is 31.0 Å². The number of nitrogens with zero attached hydrogens (tertiary/aromatic N) is 1. The minimum atomic E-state index is -1.15. The topological polar surface area (TPSA) is 110 Å². The number of likely N-dealkylation sites (tertiary alicyclic amines) is 1. The van der Waals surface area contributed by atoms with Crippen LogP contribution in [-0.4, -0.2) is 51.4 Å². The van der Waals surface area contributed by atoms with Crippen molar-refractivity contribution in [2.75, 3.05) is 18.5 Å². The summed E-state index contributed by atoms with van der Waals surface area (Å²) in [5.74, 6) is -1.46. The normalized spacial score (nSPS) is 18.1. The molecule has 4 N–H and O–H groups in total. The number of carboxylic acid groups (broad SMARTS) is 1. The second-order valence-electron chi connectivity index (χ2n) is 4.64. The fraction of sp³-hybridized carbons (Fsp3) is 0.385. The molecule has 1 fully saturated rings. The first kappa shape index (κ1) is 14.1. The van der Waals surface area contributed by atoms with Crippen molar-refractivity contribution in [1.82, 2.24) is 4.90 Å². The van der Waals surface area contributed by atoms with Crippen LogP contribution >= 0.6 is 0 Å². The molecule has 0 bridgehead atoms. The summed E-state index contributed by atoms with van der Waals surface area (Å²) in [7, 11) is 0. The van der Waals surface area contributed by atoms with Gasteiger partial charge in [0.1, 0.15) is 5.75 Å². The molecule has 0 saturated carbocycles. The van der Waals surface area contributed by atoms with Crippen LogP contribution in [-0.2, 0) is 0 Å². The van der Waals surface area contributed by atoms with Gasteiger partial charge < -0.3 is 25.5 Å². The summed E-state index contributed by atoms with van der Waals surface area (Å²) in [6, 6.07) is 3.08. The molecule has 0 radical (unpaired) electrons. The molecule has 108 valence electrons. The van der Waals surface area contributed by atoms with Gasteiger partial charge in [0.05, 0.1) is 23.9 Å². The second kappa shape index (κ2) is 5.79. The zero-order valence-electron chi connectivity index (χ0n) is 10.7. The summed E-state index contributed by atoms with van der Waals surface area (Å²) in [6.45, 7) is 0.447. The predicted octanol–water partition coefficient (Wildman–Crippen LogP) is 1.08. The number of aliphatic hydroxyl groups is 1. The summed E-state index contributed by atoms with van der Waals surface area (Å²) < 4.78 is 0. The Hall–Kier alpha value is -2.28. The number of phenols is 1. The van der Waals surface area contributed by atoms with Crippen molar-refractivity contribution >= 4 is 17.7 Å². The Kier molecular flexibility index (Phi) is 4.09. The van der Waals surface area contributed by atoms with Crippen molar-refractivity contribution in [2.24, 2.45) is 0 Å². The highest BCUT2D eigenvalue weighted by Crippen LogP contribution is 2.26. The smallest absolute Gasteiger partial charge is 0.335 e. The zero-order valence-corrected chi connectivity index (χ0v) is 10.7. The van der Waals surface area contributed by atoms with Gasteiger partial charge in [-0.1, -0.05) is 0 Å². The predicted molar refractivity (Wildman–Crippen MR) is 70.9 cm³/mol. The van der Waals surface area contributed by atoms with Gasteiger partial charge in [-0.15, -0.1) is 0 Å². The van der Waals surface area contributed by atoms with Crippen LogP contribution in [0, 0.1) is 0 Å². The number of phenolic OH excluding ortho intramolecular Hbond substituents is 1. The Morgan fingerprint density at radius 2 is 2.15 bits per heavy atom. The molecule has 7 heteroatoms. The third-order valence-electron chi connectivity index (χ3n) is 3.34. The molecule has 1 aromatic carbocycles. The lowest BCUT2D eigenvalue weighted by Crippen LogP contribution is -2.40. The summed E-state index contributed by atoms with van der Waals surface area (Å²) >= 11 is 0. The fourth-order valence-electron chi connectivity index (χ4n) is 2.25. The van der Waals surface area contributed by atoms with E-state index in [1.54, 1.807) is 0 Å². The zero-order chi connectivity index (χ0) is 14.7. The van der Waals surface area contributed by atoms with Crippen LogP contribution in [0.4, 0.5) is 10.5 Å². The van der Waals surface area contributed by atoms with Gasteiger partial charge in [0, 0.05) is 6.54 Å². The van der Waals surface area contributed by atoms with Gasteiger partial charge >= 0.3 is 12.0 Å². The van der Waals surface area contributed by atoms with Crippen LogP contribution in [0.5, 0.6) is 5.75 Å². The van der Waals surface area contributed by atoms with Crippen molar-refractivity contribution in [3.05, 3.63) is 23.8 Å². The highest BCUT2D eigenvalue weighted by molar-refractivity contribution is 5.93. The maximum Gasteiger partial charge on any atom is 0.335 e. The Balaban J connectivity index is 2.10.